The molecule has 0 aromatic carbocycles. The Morgan fingerprint density at radius 2 is 1.94 bits per heavy atom. The highest BCUT2D eigenvalue weighted by Crippen LogP contribution is 2.33. The van der Waals surface area contributed by atoms with E-state index in [1.807, 2.05) is 0 Å². The largest absolute Gasteiger partial charge is 0.467 e. The molecule has 0 aliphatic heterocycles. The number of rotatable bonds is 7. The lowest BCUT2D eigenvalue weighted by Gasteiger charge is -2.24. The molecule has 0 aromatic heterocycles. The number of amides is 1. The van der Waals surface area contributed by atoms with E-state index in [9.17, 15) is 14.4 Å². The fraction of sp³-hybridized carbons (Fsp3) is 0.727. The summed E-state index contributed by atoms with van der Waals surface area (Å²) in [4.78, 5) is 33.0. The van der Waals surface area contributed by atoms with Crippen LogP contribution in [0.25, 0.3) is 0 Å². The number of hydrogen-bond acceptors (Lipinski definition) is 5. The van der Waals surface area contributed by atoms with Crippen LogP contribution in [-0.2, 0) is 19.1 Å². The van der Waals surface area contributed by atoms with Gasteiger partial charge in [-0.1, -0.05) is 0 Å². The Kier molecular flexibility index (Phi) is 7.42. The van der Waals surface area contributed by atoms with Crippen LogP contribution in [0.1, 0.15) is 6.42 Å². The standard InChI is InChI=1S/C11H21NO5S/c1-16-10(14)9(5-6-13)12-11(15)17-7-8-18(2,3)4/h6,9H,5,7-8H2,1-4H3,(H,12,15)/t9-/m0/s1. The second-order valence-electron chi connectivity index (χ2n) is 4.55. The third-order valence-corrected chi connectivity index (χ3v) is 3.43. The fourth-order valence-electron chi connectivity index (χ4n) is 1.02. The molecule has 0 saturated heterocycles. The van der Waals surface area contributed by atoms with Gasteiger partial charge in [0.25, 0.3) is 0 Å². The molecule has 0 aliphatic rings. The summed E-state index contributed by atoms with van der Waals surface area (Å²) < 4.78 is 9.40. The lowest BCUT2D eigenvalue weighted by Crippen LogP contribution is -2.42. The van der Waals surface area contributed by atoms with E-state index in [0.29, 0.717) is 12.9 Å². The number of carbonyl (C=O) groups excluding carboxylic acids is 3. The van der Waals surface area contributed by atoms with Crippen molar-refractivity contribution < 1.29 is 23.9 Å². The van der Waals surface area contributed by atoms with Crippen LogP contribution in [0.15, 0.2) is 0 Å². The minimum Gasteiger partial charge on any atom is -0.467 e. The fourth-order valence-corrected chi connectivity index (χ4v) is 1.60. The highest BCUT2D eigenvalue weighted by Gasteiger charge is 2.21. The number of aldehydes is 1. The molecule has 18 heavy (non-hydrogen) atoms. The summed E-state index contributed by atoms with van der Waals surface area (Å²) in [7, 11) is 0.458. The van der Waals surface area contributed by atoms with Crippen molar-refractivity contribution in [3.63, 3.8) is 0 Å². The van der Waals surface area contributed by atoms with Crippen LogP contribution in [-0.4, -0.2) is 62.6 Å². The van der Waals surface area contributed by atoms with E-state index in [0.717, 1.165) is 5.75 Å². The first-order valence-electron chi connectivity index (χ1n) is 5.41. The van der Waals surface area contributed by atoms with Crippen LogP contribution >= 0.6 is 10.0 Å². The smallest absolute Gasteiger partial charge is 0.407 e. The van der Waals surface area contributed by atoms with Gasteiger partial charge in [0, 0.05) is 12.2 Å². The Morgan fingerprint density at radius 1 is 1.33 bits per heavy atom. The summed E-state index contributed by atoms with van der Waals surface area (Å²) in [5, 5.41) is 2.30. The zero-order valence-corrected chi connectivity index (χ0v) is 12.0. The molecule has 0 radical (unpaired) electrons. The molecule has 6 nitrogen and oxygen atoms in total. The predicted octanol–water partition coefficient (Wildman–Crippen LogP) is 0.537. The van der Waals surface area contributed by atoms with E-state index in [4.69, 9.17) is 4.74 Å². The van der Waals surface area contributed by atoms with Gasteiger partial charge in [-0.3, -0.25) is 0 Å². The number of ether oxygens (including phenoxy) is 2. The first-order chi connectivity index (χ1) is 8.30. The predicted molar refractivity (Wildman–Crippen MR) is 71.2 cm³/mol. The normalized spacial score (nSPS) is 13.3. The molecule has 0 bridgehead atoms. The molecular formula is C11H21NO5S. The maximum Gasteiger partial charge on any atom is 0.407 e. The van der Waals surface area contributed by atoms with Crippen molar-refractivity contribution in [3.05, 3.63) is 0 Å². The van der Waals surface area contributed by atoms with E-state index in [1.54, 1.807) is 0 Å². The third-order valence-electron chi connectivity index (χ3n) is 2.04. The Bertz CT molecular complexity index is 300. The molecule has 7 heteroatoms. The van der Waals surface area contributed by atoms with Gasteiger partial charge in [0.05, 0.1) is 7.11 Å². The van der Waals surface area contributed by atoms with Gasteiger partial charge in [0.2, 0.25) is 0 Å². The van der Waals surface area contributed by atoms with Gasteiger partial charge < -0.3 is 19.6 Å². The average Bonchev–Trinajstić information content (AvgIpc) is 2.25. The molecule has 0 heterocycles. The van der Waals surface area contributed by atoms with Crippen molar-refractivity contribution >= 4 is 28.4 Å². The zero-order chi connectivity index (χ0) is 14.2. The molecule has 1 amide bonds. The third kappa shape index (κ3) is 7.94. The molecule has 0 aromatic rings. The maximum absolute atomic E-state index is 11.4. The van der Waals surface area contributed by atoms with Crippen LogP contribution in [0, 0.1) is 0 Å². The van der Waals surface area contributed by atoms with E-state index in [1.165, 1.54) is 7.11 Å². The van der Waals surface area contributed by atoms with Crippen molar-refractivity contribution in [2.45, 2.75) is 12.5 Å². The van der Waals surface area contributed by atoms with Crippen molar-refractivity contribution in [1.82, 2.24) is 5.32 Å². The molecule has 106 valence electrons. The SMILES string of the molecule is COC(=O)[C@H](CC=O)NC(=O)OCCS(C)(C)C. The van der Waals surface area contributed by atoms with Gasteiger partial charge in [-0.25, -0.2) is 19.6 Å². The lowest BCUT2D eigenvalue weighted by atomic mass is 10.2. The minimum absolute atomic E-state index is 0.133. The second-order valence-corrected chi connectivity index (χ2v) is 9.14. The van der Waals surface area contributed by atoms with Gasteiger partial charge in [0.15, 0.2) is 0 Å². The van der Waals surface area contributed by atoms with Crippen molar-refractivity contribution in [2.75, 3.05) is 38.2 Å². The number of hydrogen-bond donors (Lipinski definition) is 1. The molecule has 0 aliphatic carbocycles. The van der Waals surface area contributed by atoms with E-state index in [-0.39, 0.29) is 6.42 Å². The van der Waals surface area contributed by atoms with Gasteiger partial charge in [0.1, 0.15) is 18.9 Å². The summed E-state index contributed by atoms with van der Waals surface area (Å²) in [6.45, 7) is 0.291. The zero-order valence-electron chi connectivity index (χ0n) is 11.2. The average molecular weight is 279 g/mol. The van der Waals surface area contributed by atoms with Crippen molar-refractivity contribution in [3.8, 4) is 0 Å². The Labute approximate surface area is 109 Å². The Hall–Kier alpha value is -1.24. The van der Waals surface area contributed by atoms with Crippen LogP contribution < -0.4 is 5.32 Å². The quantitative estimate of drug-likeness (QED) is 0.543. The molecule has 0 rings (SSSR count). The molecule has 1 atom stereocenters. The number of alkyl carbamates (subject to hydrolysis) is 1. The number of carbonyl (C=O) groups is 3. The molecule has 0 unspecified atom stereocenters. The summed E-state index contributed by atoms with van der Waals surface area (Å²) in [6.07, 6.45) is 6.03. The van der Waals surface area contributed by atoms with Gasteiger partial charge in [-0.15, -0.1) is 0 Å². The second kappa shape index (κ2) is 7.97. The van der Waals surface area contributed by atoms with Crippen LogP contribution in [0.4, 0.5) is 4.79 Å². The van der Waals surface area contributed by atoms with E-state index >= 15 is 0 Å². The van der Waals surface area contributed by atoms with E-state index in [2.05, 4.69) is 28.8 Å². The monoisotopic (exact) mass is 279 g/mol. The van der Waals surface area contributed by atoms with Crippen molar-refractivity contribution in [1.29, 1.82) is 0 Å². The van der Waals surface area contributed by atoms with Gasteiger partial charge in [-0.05, 0) is 18.8 Å². The summed E-state index contributed by atoms with van der Waals surface area (Å²) in [5.74, 6) is 0.122. The number of esters is 1. The van der Waals surface area contributed by atoms with Crippen LogP contribution in [0.3, 0.4) is 0 Å². The molecule has 0 saturated carbocycles. The molecule has 1 N–H and O–H groups in total. The maximum atomic E-state index is 11.4. The Balaban J connectivity index is 4.10. The minimum atomic E-state index is -0.984. The van der Waals surface area contributed by atoms with Crippen molar-refractivity contribution in [2.24, 2.45) is 0 Å². The summed E-state index contributed by atoms with van der Waals surface area (Å²) in [6, 6.07) is -0.984. The molecular weight excluding hydrogens is 258 g/mol. The number of nitrogens with one attached hydrogen (secondary N) is 1. The first kappa shape index (κ1) is 16.8. The van der Waals surface area contributed by atoms with Gasteiger partial charge in [-0.2, -0.15) is 0 Å². The number of methoxy groups -OCH3 is 1. The van der Waals surface area contributed by atoms with Crippen LogP contribution in [0.5, 0.6) is 0 Å². The lowest BCUT2D eigenvalue weighted by molar-refractivity contribution is -0.143. The molecule has 0 fully saturated rings. The van der Waals surface area contributed by atoms with E-state index < -0.39 is 28.1 Å². The first-order valence-corrected chi connectivity index (χ1v) is 8.43. The summed E-state index contributed by atoms with van der Waals surface area (Å²) >= 11 is 0. The van der Waals surface area contributed by atoms with Crippen LogP contribution in [0.2, 0.25) is 0 Å². The highest BCUT2D eigenvalue weighted by atomic mass is 32.3. The molecule has 0 spiro atoms. The van der Waals surface area contributed by atoms with Gasteiger partial charge >= 0.3 is 12.1 Å². The highest BCUT2D eigenvalue weighted by molar-refractivity contribution is 8.32. The summed E-state index contributed by atoms with van der Waals surface area (Å²) in [5.41, 5.74) is 0. The topological polar surface area (TPSA) is 81.7 Å². The Morgan fingerprint density at radius 3 is 2.39 bits per heavy atom.